The van der Waals surface area contributed by atoms with Crippen LogP contribution in [0.3, 0.4) is 0 Å². The maximum absolute atomic E-state index is 5.94. The topological polar surface area (TPSA) is 25.2 Å². The van der Waals surface area contributed by atoms with Crippen LogP contribution in [-0.2, 0) is 0 Å². The van der Waals surface area contributed by atoms with Crippen molar-refractivity contribution in [2.45, 2.75) is 6.92 Å². The van der Waals surface area contributed by atoms with Crippen molar-refractivity contribution in [1.29, 1.82) is 0 Å². The van der Waals surface area contributed by atoms with Gasteiger partial charge < -0.3 is 9.73 Å². The Labute approximate surface area is 106 Å². The Kier molecular flexibility index (Phi) is 2.56. The van der Waals surface area contributed by atoms with Gasteiger partial charge in [-0.05, 0) is 37.3 Å². The molecule has 2 nitrogen and oxygen atoms in total. The molecular weight excluding hydrogens is 222 g/mol. The molecular formula is C16H15NO. The fourth-order valence-electron chi connectivity index (χ4n) is 2.24. The largest absolute Gasteiger partial charge is 0.456 e. The van der Waals surface area contributed by atoms with Gasteiger partial charge in [0.25, 0.3) is 0 Å². The van der Waals surface area contributed by atoms with Crippen LogP contribution in [0.2, 0.25) is 0 Å². The van der Waals surface area contributed by atoms with Crippen LogP contribution in [0.5, 0.6) is 0 Å². The Bertz CT molecular complexity index is 680. The SMILES string of the molecule is CNc1ccc(-c2oc3ccccc3c2C)cc1. The first kappa shape index (κ1) is 10.9. The molecule has 0 fully saturated rings. The van der Waals surface area contributed by atoms with Crippen molar-refractivity contribution in [3.05, 3.63) is 54.1 Å². The molecule has 18 heavy (non-hydrogen) atoms. The molecule has 0 amide bonds. The third-order valence-corrected chi connectivity index (χ3v) is 3.28. The molecule has 0 aliphatic heterocycles. The Balaban J connectivity index is 2.15. The van der Waals surface area contributed by atoms with E-state index in [0.717, 1.165) is 22.6 Å². The molecule has 0 aliphatic carbocycles. The second kappa shape index (κ2) is 4.22. The van der Waals surface area contributed by atoms with Crippen molar-refractivity contribution >= 4 is 16.7 Å². The van der Waals surface area contributed by atoms with E-state index in [1.165, 1.54) is 10.9 Å². The standard InChI is InChI=1S/C16H15NO/c1-11-14-5-3-4-6-15(14)18-16(11)12-7-9-13(17-2)10-8-12/h3-10,17H,1-2H3. The molecule has 3 aromatic rings. The molecule has 0 radical (unpaired) electrons. The number of furan rings is 1. The van der Waals surface area contributed by atoms with Crippen LogP contribution in [0, 0.1) is 6.92 Å². The van der Waals surface area contributed by atoms with Crippen molar-refractivity contribution in [3.63, 3.8) is 0 Å². The second-order valence-electron chi connectivity index (χ2n) is 4.38. The first-order valence-electron chi connectivity index (χ1n) is 6.06. The summed E-state index contributed by atoms with van der Waals surface area (Å²) >= 11 is 0. The van der Waals surface area contributed by atoms with E-state index in [2.05, 4.69) is 42.6 Å². The number of fused-ring (bicyclic) bond motifs is 1. The number of hydrogen-bond donors (Lipinski definition) is 1. The number of hydrogen-bond acceptors (Lipinski definition) is 2. The first-order valence-corrected chi connectivity index (χ1v) is 6.06. The number of para-hydroxylation sites is 1. The predicted molar refractivity (Wildman–Crippen MR) is 75.9 cm³/mol. The van der Waals surface area contributed by atoms with E-state index in [-0.39, 0.29) is 0 Å². The Morgan fingerprint density at radius 3 is 2.33 bits per heavy atom. The minimum Gasteiger partial charge on any atom is -0.456 e. The monoisotopic (exact) mass is 237 g/mol. The maximum Gasteiger partial charge on any atom is 0.138 e. The quantitative estimate of drug-likeness (QED) is 0.712. The molecule has 0 spiro atoms. The van der Waals surface area contributed by atoms with Gasteiger partial charge in [-0.1, -0.05) is 18.2 Å². The van der Waals surface area contributed by atoms with E-state index in [4.69, 9.17) is 4.42 Å². The molecule has 0 aliphatic rings. The third kappa shape index (κ3) is 1.66. The summed E-state index contributed by atoms with van der Waals surface area (Å²) in [5, 5.41) is 4.30. The lowest BCUT2D eigenvalue weighted by molar-refractivity contribution is 0.629. The number of anilines is 1. The molecule has 2 aromatic carbocycles. The molecule has 1 aromatic heterocycles. The van der Waals surface area contributed by atoms with Crippen molar-refractivity contribution in [2.24, 2.45) is 0 Å². The van der Waals surface area contributed by atoms with Gasteiger partial charge in [-0.2, -0.15) is 0 Å². The van der Waals surface area contributed by atoms with Gasteiger partial charge in [0, 0.05) is 29.2 Å². The molecule has 3 rings (SSSR count). The van der Waals surface area contributed by atoms with E-state index >= 15 is 0 Å². The van der Waals surface area contributed by atoms with Crippen LogP contribution < -0.4 is 5.32 Å². The molecule has 2 heteroatoms. The zero-order valence-corrected chi connectivity index (χ0v) is 10.5. The van der Waals surface area contributed by atoms with Crippen LogP contribution in [0.4, 0.5) is 5.69 Å². The van der Waals surface area contributed by atoms with Crippen molar-refractivity contribution in [3.8, 4) is 11.3 Å². The van der Waals surface area contributed by atoms with Crippen LogP contribution >= 0.6 is 0 Å². The van der Waals surface area contributed by atoms with Crippen molar-refractivity contribution in [2.75, 3.05) is 12.4 Å². The van der Waals surface area contributed by atoms with Crippen molar-refractivity contribution in [1.82, 2.24) is 0 Å². The molecule has 0 saturated carbocycles. The molecule has 1 heterocycles. The molecule has 0 saturated heterocycles. The lowest BCUT2D eigenvalue weighted by atomic mass is 10.1. The zero-order chi connectivity index (χ0) is 12.5. The fourth-order valence-corrected chi connectivity index (χ4v) is 2.24. The summed E-state index contributed by atoms with van der Waals surface area (Å²) in [6.07, 6.45) is 0. The maximum atomic E-state index is 5.94. The average Bonchev–Trinajstić information content (AvgIpc) is 2.77. The summed E-state index contributed by atoms with van der Waals surface area (Å²) in [6, 6.07) is 16.4. The highest BCUT2D eigenvalue weighted by atomic mass is 16.3. The normalized spacial score (nSPS) is 10.8. The number of aryl methyl sites for hydroxylation is 1. The Morgan fingerprint density at radius 1 is 0.944 bits per heavy atom. The summed E-state index contributed by atoms with van der Waals surface area (Å²) in [5.74, 6) is 0.957. The summed E-state index contributed by atoms with van der Waals surface area (Å²) in [5.41, 5.74) is 4.36. The minimum atomic E-state index is 0.947. The number of rotatable bonds is 2. The molecule has 0 atom stereocenters. The smallest absolute Gasteiger partial charge is 0.138 e. The van der Waals surface area contributed by atoms with Gasteiger partial charge in [0.2, 0.25) is 0 Å². The van der Waals surface area contributed by atoms with Crippen LogP contribution in [0.1, 0.15) is 5.56 Å². The highest BCUT2D eigenvalue weighted by Gasteiger charge is 2.11. The van der Waals surface area contributed by atoms with E-state index in [1.807, 2.05) is 25.2 Å². The molecule has 0 bridgehead atoms. The number of benzene rings is 2. The van der Waals surface area contributed by atoms with Crippen LogP contribution in [-0.4, -0.2) is 7.05 Å². The van der Waals surface area contributed by atoms with E-state index in [1.54, 1.807) is 0 Å². The van der Waals surface area contributed by atoms with Crippen LogP contribution in [0.25, 0.3) is 22.3 Å². The number of nitrogens with one attached hydrogen (secondary N) is 1. The zero-order valence-electron chi connectivity index (χ0n) is 10.5. The van der Waals surface area contributed by atoms with E-state index in [9.17, 15) is 0 Å². The first-order chi connectivity index (χ1) is 8.79. The van der Waals surface area contributed by atoms with Gasteiger partial charge in [-0.3, -0.25) is 0 Å². The summed E-state index contributed by atoms with van der Waals surface area (Å²) in [6.45, 7) is 2.10. The summed E-state index contributed by atoms with van der Waals surface area (Å²) < 4.78 is 5.94. The fraction of sp³-hybridized carbons (Fsp3) is 0.125. The molecule has 1 N–H and O–H groups in total. The molecule has 0 unspecified atom stereocenters. The van der Waals surface area contributed by atoms with E-state index in [0.29, 0.717) is 0 Å². The van der Waals surface area contributed by atoms with Gasteiger partial charge in [-0.15, -0.1) is 0 Å². The van der Waals surface area contributed by atoms with Gasteiger partial charge in [0.15, 0.2) is 0 Å². The molecule has 90 valence electrons. The predicted octanol–water partition coefficient (Wildman–Crippen LogP) is 4.45. The highest BCUT2D eigenvalue weighted by molar-refractivity contribution is 5.87. The third-order valence-electron chi connectivity index (χ3n) is 3.28. The Hall–Kier alpha value is -2.22. The summed E-state index contributed by atoms with van der Waals surface area (Å²) in [4.78, 5) is 0. The van der Waals surface area contributed by atoms with Crippen LogP contribution in [0.15, 0.2) is 52.9 Å². The van der Waals surface area contributed by atoms with Crippen molar-refractivity contribution < 1.29 is 4.42 Å². The second-order valence-corrected chi connectivity index (χ2v) is 4.38. The minimum absolute atomic E-state index is 0.947. The van der Waals surface area contributed by atoms with Gasteiger partial charge in [-0.25, -0.2) is 0 Å². The van der Waals surface area contributed by atoms with E-state index < -0.39 is 0 Å². The van der Waals surface area contributed by atoms with Gasteiger partial charge in [0.1, 0.15) is 11.3 Å². The van der Waals surface area contributed by atoms with Gasteiger partial charge >= 0.3 is 0 Å². The Morgan fingerprint density at radius 2 is 1.67 bits per heavy atom. The highest BCUT2D eigenvalue weighted by Crippen LogP contribution is 2.33. The summed E-state index contributed by atoms with van der Waals surface area (Å²) in [7, 11) is 1.92. The average molecular weight is 237 g/mol. The lowest BCUT2D eigenvalue weighted by Crippen LogP contribution is -1.86. The van der Waals surface area contributed by atoms with Gasteiger partial charge in [0.05, 0.1) is 0 Å². The lowest BCUT2D eigenvalue weighted by Gasteiger charge is -2.02.